The van der Waals surface area contributed by atoms with Gasteiger partial charge in [-0.3, -0.25) is 4.90 Å². The van der Waals surface area contributed by atoms with E-state index in [2.05, 4.69) is 50.8 Å². The van der Waals surface area contributed by atoms with Crippen LogP contribution in [0.1, 0.15) is 56.7 Å². The Morgan fingerprint density at radius 2 is 2.14 bits per heavy atom. The second-order valence-electron chi connectivity index (χ2n) is 7.21. The number of carbonyl (C=O) groups is 1. The zero-order chi connectivity index (χ0) is 15.0. The largest absolute Gasteiger partial charge is 0.464 e. The van der Waals surface area contributed by atoms with Crippen molar-refractivity contribution in [2.24, 2.45) is 0 Å². The van der Waals surface area contributed by atoms with Gasteiger partial charge in [0.1, 0.15) is 5.54 Å². The molecule has 2 saturated heterocycles. The molecule has 3 heteroatoms. The van der Waals surface area contributed by atoms with Gasteiger partial charge in [-0.05, 0) is 43.9 Å². The first-order valence-corrected chi connectivity index (χ1v) is 8.03. The summed E-state index contributed by atoms with van der Waals surface area (Å²) in [6, 6.07) is 6.49. The summed E-state index contributed by atoms with van der Waals surface area (Å²) >= 11 is 0. The van der Waals surface area contributed by atoms with Crippen molar-refractivity contribution in [3.63, 3.8) is 0 Å². The van der Waals surface area contributed by atoms with Crippen molar-refractivity contribution in [1.29, 1.82) is 0 Å². The number of benzene rings is 1. The van der Waals surface area contributed by atoms with Gasteiger partial charge in [-0.25, -0.2) is 4.79 Å². The molecule has 4 rings (SSSR count). The topological polar surface area (TPSA) is 29.3 Å². The number of unbranched alkanes of at least 4 members (excludes halogenated alkanes) is 1. The minimum atomic E-state index is -0.379. The van der Waals surface area contributed by atoms with E-state index < -0.39 is 0 Å². The van der Waals surface area contributed by atoms with Gasteiger partial charge in [0.15, 0.2) is 0 Å². The van der Waals surface area contributed by atoms with Crippen molar-refractivity contribution >= 4 is 5.97 Å². The Hall–Kier alpha value is -1.35. The summed E-state index contributed by atoms with van der Waals surface area (Å²) in [4.78, 5) is 15.0. The molecule has 0 spiro atoms. The first-order valence-electron chi connectivity index (χ1n) is 8.03. The van der Waals surface area contributed by atoms with Crippen molar-refractivity contribution in [3.8, 4) is 0 Å². The Balaban J connectivity index is 1.70. The first kappa shape index (κ1) is 13.3. The fourth-order valence-corrected chi connectivity index (χ4v) is 5.30. The van der Waals surface area contributed by atoms with Crippen LogP contribution in [0.4, 0.5) is 0 Å². The molecule has 1 aromatic carbocycles. The van der Waals surface area contributed by atoms with Crippen LogP contribution in [-0.2, 0) is 20.6 Å². The maximum atomic E-state index is 12.6. The smallest absolute Gasteiger partial charge is 0.329 e. The average molecular weight is 285 g/mol. The van der Waals surface area contributed by atoms with Gasteiger partial charge in [0.25, 0.3) is 0 Å². The van der Waals surface area contributed by atoms with E-state index in [1.165, 1.54) is 16.7 Å². The summed E-state index contributed by atoms with van der Waals surface area (Å²) in [5.41, 5.74) is 3.62. The van der Waals surface area contributed by atoms with E-state index in [9.17, 15) is 4.79 Å². The number of hydrogen-bond acceptors (Lipinski definition) is 3. The molecule has 2 unspecified atom stereocenters. The summed E-state index contributed by atoms with van der Waals surface area (Å²) in [5, 5.41) is 0. The second kappa shape index (κ2) is 3.70. The molecule has 0 aromatic heterocycles. The molecule has 3 heterocycles. The van der Waals surface area contributed by atoms with E-state index in [4.69, 9.17) is 4.74 Å². The number of ether oxygens (including phenoxy) is 1. The fourth-order valence-electron chi connectivity index (χ4n) is 5.30. The minimum absolute atomic E-state index is 0.0110. The monoisotopic (exact) mass is 285 g/mol. The van der Waals surface area contributed by atoms with Crippen LogP contribution in [0, 0.1) is 6.92 Å². The van der Waals surface area contributed by atoms with Gasteiger partial charge >= 0.3 is 5.97 Å². The van der Waals surface area contributed by atoms with Crippen LogP contribution in [0.3, 0.4) is 0 Å². The Morgan fingerprint density at radius 3 is 2.86 bits per heavy atom. The molecule has 3 aliphatic heterocycles. The third-order valence-corrected chi connectivity index (χ3v) is 6.08. The van der Waals surface area contributed by atoms with Crippen LogP contribution in [0.15, 0.2) is 18.2 Å². The standard InChI is InChI=1S/C18H23NO2/c1-5-6-10-21-15(20)18-11-16(3)14-12(2)8-7-9-13(14)17(18,4)19(16)18/h7-9H,5-6,10-11H2,1-4H3/t16-,17-,18?,19?/m1/s1. The molecule has 0 N–H and O–H groups in total. The van der Waals surface area contributed by atoms with E-state index in [0.29, 0.717) is 6.61 Å². The average Bonchev–Trinajstić information content (AvgIpc) is 2.85. The molecule has 0 amide bonds. The van der Waals surface area contributed by atoms with Crippen molar-refractivity contribution in [3.05, 3.63) is 34.9 Å². The van der Waals surface area contributed by atoms with E-state index >= 15 is 0 Å². The van der Waals surface area contributed by atoms with E-state index in [1.54, 1.807) is 0 Å². The summed E-state index contributed by atoms with van der Waals surface area (Å²) in [6.45, 7) is 9.33. The predicted molar refractivity (Wildman–Crippen MR) is 80.9 cm³/mol. The molecular weight excluding hydrogens is 262 g/mol. The highest BCUT2D eigenvalue weighted by atomic mass is 16.5. The number of fused-ring (bicyclic) bond motifs is 4. The highest BCUT2D eigenvalue weighted by Gasteiger charge is 2.94. The molecule has 112 valence electrons. The summed E-state index contributed by atoms with van der Waals surface area (Å²) in [7, 11) is 0. The molecule has 3 aliphatic rings. The van der Waals surface area contributed by atoms with Crippen LogP contribution >= 0.6 is 0 Å². The quantitative estimate of drug-likeness (QED) is 0.483. The van der Waals surface area contributed by atoms with Gasteiger partial charge in [0.2, 0.25) is 0 Å². The lowest BCUT2D eigenvalue weighted by Crippen LogP contribution is -2.56. The third kappa shape index (κ3) is 1.16. The van der Waals surface area contributed by atoms with Crippen LogP contribution < -0.4 is 0 Å². The lowest BCUT2D eigenvalue weighted by atomic mass is 9.65. The molecule has 0 aliphatic carbocycles. The van der Waals surface area contributed by atoms with E-state index in [0.717, 1.165) is 19.3 Å². The van der Waals surface area contributed by atoms with Gasteiger partial charge < -0.3 is 4.74 Å². The van der Waals surface area contributed by atoms with Crippen LogP contribution in [-0.4, -0.2) is 23.0 Å². The first-order chi connectivity index (χ1) is 9.94. The number of esters is 1. The zero-order valence-corrected chi connectivity index (χ0v) is 13.3. The summed E-state index contributed by atoms with van der Waals surface area (Å²) in [5.74, 6) is -0.0110. The molecule has 1 aromatic rings. The number of hydrogen-bond donors (Lipinski definition) is 0. The molecule has 21 heavy (non-hydrogen) atoms. The van der Waals surface area contributed by atoms with Gasteiger partial charge in [0.05, 0.1) is 12.1 Å². The molecule has 0 bridgehead atoms. The Bertz CT molecular complexity index is 655. The van der Waals surface area contributed by atoms with E-state index in [-0.39, 0.29) is 22.6 Å². The second-order valence-corrected chi connectivity index (χ2v) is 7.21. The summed E-state index contributed by atoms with van der Waals surface area (Å²) < 4.78 is 5.56. The van der Waals surface area contributed by atoms with Crippen molar-refractivity contribution in [1.82, 2.24) is 4.90 Å². The van der Waals surface area contributed by atoms with E-state index in [1.807, 2.05) is 0 Å². The zero-order valence-electron chi connectivity index (χ0n) is 13.3. The van der Waals surface area contributed by atoms with Gasteiger partial charge in [-0.2, -0.15) is 0 Å². The van der Waals surface area contributed by atoms with Gasteiger partial charge in [0, 0.05) is 12.0 Å². The Kier molecular flexibility index (Phi) is 2.34. The predicted octanol–water partition coefficient (Wildman–Crippen LogP) is 3.24. The Labute approximate surface area is 126 Å². The maximum Gasteiger partial charge on any atom is 0.329 e. The van der Waals surface area contributed by atoms with Crippen LogP contribution in [0.2, 0.25) is 0 Å². The lowest BCUT2D eigenvalue weighted by molar-refractivity contribution is -0.155. The Morgan fingerprint density at radius 1 is 1.38 bits per heavy atom. The summed E-state index contributed by atoms with van der Waals surface area (Å²) in [6.07, 6.45) is 2.91. The van der Waals surface area contributed by atoms with Gasteiger partial charge in [-0.15, -0.1) is 0 Å². The molecular formula is C18H23NO2. The molecule has 4 atom stereocenters. The highest BCUT2D eigenvalue weighted by molar-refractivity contribution is 5.93. The number of aryl methyl sites for hydroxylation is 1. The van der Waals surface area contributed by atoms with Crippen LogP contribution in [0.5, 0.6) is 0 Å². The number of carbonyl (C=O) groups excluding carboxylic acids is 1. The molecule has 0 radical (unpaired) electrons. The maximum absolute atomic E-state index is 12.6. The third-order valence-electron chi connectivity index (χ3n) is 6.08. The molecule has 2 fully saturated rings. The number of nitrogens with zero attached hydrogens (tertiary/aromatic N) is 1. The lowest BCUT2D eigenvalue weighted by Gasteiger charge is -2.46. The van der Waals surface area contributed by atoms with Crippen LogP contribution in [0.25, 0.3) is 0 Å². The van der Waals surface area contributed by atoms with Gasteiger partial charge in [-0.1, -0.05) is 31.5 Å². The minimum Gasteiger partial charge on any atom is -0.464 e. The normalized spacial score (nSPS) is 41.0. The SMILES string of the molecule is CCCCOC(=O)C12C[C@]3(C)c4c(C)cccc4[C@@]1(C)N23. The fraction of sp³-hybridized carbons (Fsp3) is 0.611. The van der Waals surface area contributed by atoms with Crippen molar-refractivity contribution in [2.75, 3.05) is 6.61 Å². The molecule has 0 saturated carbocycles. The van der Waals surface area contributed by atoms with Crippen molar-refractivity contribution in [2.45, 2.75) is 63.6 Å². The molecule has 3 nitrogen and oxygen atoms in total. The highest BCUT2D eigenvalue weighted by Crippen LogP contribution is 2.82. The van der Waals surface area contributed by atoms with Crippen molar-refractivity contribution < 1.29 is 9.53 Å². The number of rotatable bonds is 4.